The van der Waals surface area contributed by atoms with E-state index >= 15 is 0 Å². The predicted molar refractivity (Wildman–Crippen MR) is 143 cm³/mol. The number of fused-ring (bicyclic) bond motifs is 5. The summed E-state index contributed by atoms with van der Waals surface area (Å²) >= 11 is 0. The summed E-state index contributed by atoms with van der Waals surface area (Å²) in [5.74, 6) is -0.0925. The molecule has 8 nitrogen and oxygen atoms in total. The molecule has 192 valence electrons. The summed E-state index contributed by atoms with van der Waals surface area (Å²) < 4.78 is 12.7. The molecule has 1 fully saturated rings. The largest absolute Gasteiger partial charge is 0.462 e. The van der Waals surface area contributed by atoms with Gasteiger partial charge in [0.05, 0.1) is 12.1 Å². The third kappa shape index (κ3) is 4.63. The minimum Gasteiger partial charge on any atom is -0.462 e. The van der Waals surface area contributed by atoms with Crippen molar-refractivity contribution in [2.45, 2.75) is 58.6 Å². The van der Waals surface area contributed by atoms with E-state index in [0.717, 1.165) is 40.6 Å². The van der Waals surface area contributed by atoms with Crippen LogP contribution in [0.2, 0.25) is 0 Å². The van der Waals surface area contributed by atoms with Crippen LogP contribution in [0.15, 0.2) is 41.5 Å². The van der Waals surface area contributed by atoms with Crippen LogP contribution in [0.3, 0.4) is 0 Å². The summed E-state index contributed by atoms with van der Waals surface area (Å²) in [5.41, 5.74) is 3.78. The van der Waals surface area contributed by atoms with Crippen molar-refractivity contribution in [2.24, 2.45) is 0 Å². The molecule has 37 heavy (non-hydrogen) atoms. The fourth-order valence-electron chi connectivity index (χ4n) is 4.68. The summed E-state index contributed by atoms with van der Waals surface area (Å²) in [6, 6.07) is 5.85. The molecule has 3 aromatic rings. The number of ether oxygens (including phenoxy) is 2. The van der Waals surface area contributed by atoms with Gasteiger partial charge in [-0.25, -0.2) is 14.6 Å². The molecule has 5 rings (SSSR count). The fraction of sp³-hybridized carbons (Fsp3) is 0.379. The van der Waals surface area contributed by atoms with Gasteiger partial charge < -0.3 is 14.0 Å². The SMILES string of the molecule is CCOC(=O)c1cn(C2CC2)c2c3c(ccc2c1=O)-c1cnc(N(C)C(=O)OC(C)(C)C)cc1CC=C3. The van der Waals surface area contributed by atoms with Crippen LogP contribution in [-0.2, 0) is 15.9 Å². The van der Waals surface area contributed by atoms with Gasteiger partial charge in [0.1, 0.15) is 17.0 Å². The third-order valence-corrected chi connectivity index (χ3v) is 6.57. The van der Waals surface area contributed by atoms with Gasteiger partial charge in [-0.15, -0.1) is 0 Å². The Morgan fingerprint density at radius 1 is 1.19 bits per heavy atom. The van der Waals surface area contributed by atoms with E-state index in [1.807, 2.05) is 39.0 Å². The molecule has 1 aromatic carbocycles. The number of allylic oxidation sites excluding steroid dienone is 1. The second kappa shape index (κ2) is 9.18. The van der Waals surface area contributed by atoms with Gasteiger partial charge in [0.25, 0.3) is 0 Å². The van der Waals surface area contributed by atoms with E-state index in [9.17, 15) is 14.4 Å². The molecule has 0 unspecified atom stereocenters. The first-order valence-electron chi connectivity index (χ1n) is 12.6. The van der Waals surface area contributed by atoms with Crippen molar-refractivity contribution in [2.75, 3.05) is 18.6 Å². The van der Waals surface area contributed by atoms with Crippen molar-refractivity contribution in [3.8, 4) is 11.1 Å². The second-order valence-corrected chi connectivity index (χ2v) is 10.5. The number of hydrogen-bond acceptors (Lipinski definition) is 6. The van der Waals surface area contributed by atoms with Gasteiger partial charge in [0.15, 0.2) is 0 Å². The van der Waals surface area contributed by atoms with Crippen molar-refractivity contribution in [1.29, 1.82) is 0 Å². The van der Waals surface area contributed by atoms with Gasteiger partial charge in [-0.3, -0.25) is 9.69 Å². The average Bonchev–Trinajstić information content (AvgIpc) is 3.69. The Morgan fingerprint density at radius 3 is 2.62 bits per heavy atom. The number of nitrogens with zero attached hydrogens (tertiary/aromatic N) is 3. The van der Waals surface area contributed by atoms with E-state index in [2.05, 4.69) is 15.6 Å². The Labute approximate surface area is 215 Å². The Kier molecular flexibility index (Phi) is 6.14. The van der Waals surface area contributed by atoms with Crippen LogP contribution in [0.25, 0.3) is 28.1 Å². The predicted octanol–water partition coefficient (Wildman–Crippen LogP) is 5.52. The zero-order valence-corrected chi connectivity index (χ0v) is 21.8. The van der Waals surface area contributed by atoms with Gasteiger partial charge in [-0.2, -0.15) is 0 Å². The topological polar surface area (TPSA) is 90.7 Å². The summed E-state index contributed by atoms with van der Waals surface area (Å²) in [4.78, 5) is 44.4. The van der Waals surface area contributed by atoms with E-state index < -0.39 is 17.7 Å². The van der Waals surface area contributed by atoms with E-state index in [4.69, 9.17) is 9.47 Å². The van der Waals surface area contributed by atoms with Crippen LogP contribution in [0.4, 0.5) is 10.6 Å². The number of esters is 1. The van der Waals surface area contributed by atoms with Crippen LogP contribution in [0, 0.1) is 0 Å². The number of amides is 1. The normalized spacial score (nSPS) is 14.5. The third-order valence-electron chi connectivity index (χ3n) is 6.57. The molecule has 2 heterocycles. The zero-order valence-electron chi connectivity index (χ0n) is 21.8. The molecule has 2 aliphatic rings. The average molecular weight is 502 g/mol. The number of aromatic nitrogens is 2. The van der Waals surface area contributed by atoms with Crippen molar-refractivity contribution in [3.63, 3.8) is 0 Å². The van der Waals surface area contributed by atoms with Gasteiger partial charge in [-0.1, -0.05) is 18.2 Å². The molecule has 1 saturated carbocycles. The smallest absolute Gasteiger partial charge is 0.415 e. The molecule has 0 spiro atoms. The van der Waals surface area contributed by atoms with Crippen molar-refractivity contribution < 1.29 is 19.1 Å². The van der Waals surface area contributed by atoms with Gasteiger partial charge >= 0.3 is 12.1 Å². The number of rotatable bonds is 4. The Morgan fingerprint density at radius 2 is 1.95 bits per heavy atom. The molecule has 0 N–H and O–H groups in total. The molecule has 0 aliphatic heterocycles. The lowest BCUT2D eigenvalue weighted by Crippen LogP contribution is -2.34. The van der Waals surface area contributed by atoms with E-state index in [-0.39, 0.29) is 23.6 Å². The van der Waals surface area contributed by atoms with Crippen LogP contribution in [-0.4, -0.2) is 40.9 Å². The molecule has 2 aliphatic carbocycles. The summed E-state index contributed by atoms with van der Waals surface area (Å²) in [6.45, 7) is 7.41. The minimum atomic E-state index is -0.607. The lowest BCUT2D eigenvalue weighted by Gasteiger charge is -2.24. The molecule has 0 atom stereocenters. The van der Waals surface area contributed by atoms with Crippen LogP contribution in [0.1, 0.15) is 68.1 Å². The standard InChI is InChI=1S/C29H31N3O5/c1-6-36-27(34)23-16-32(18-10-11-18)25-20-9-7-8-17-14-24(31(5)28(35)37-29(2,3)4)30-15-22(17)19(20)12-13-21(25)26(23)33/h7,9,12-16,18H,6,8,10-11H2,1-5H3. The van der Waals surface area contributed by atoms with Gasteiger partial charge in [0, 0.05) is 42.0 Å². The first kappa shape index (κ1) is 24.7. The van der Waals surface area contributed by atoms with Crippen molar-refractivity contribution >= 4 is 34.9 Å². The number of pyridine rings is 2. The fourth-order valence-corrected chi connectivity index (χ4v) is 4.68. The van der Waals surface area contributed by atoms with Gasteiger partial charge in [0.2, 0.25) is 5.43 Å². The number of anilines is 1. The minimum absolute atomic E-state index is 0.0655. The molecule has 0 radical (unpaired) electrons. The number of carbonyl (C=O) groups is 2. The summed E-state index contributed by atoms with van der Waals surface area (Å²) in [7, 11) is 1.65. The van der Waals surface area contributed by atoms with Crippen molar-refractivity contribution in [1.82, 2.24) is 9.55 Å². The maximum absolute atomic E-state index is 13.3. The molecule has 0 saturated heterocycles. The highest BCUT2D eigenvalue weighted by Gasteiger charge is 2.29. The lowest BCUT2D eigenvalue weighted by atomic mass is 9.95. The molecule has 0 bridgehead atoms. The number of carbonyl (C=O) groups excluding carboxylic acids is 2. The van der Waals surface area contributed by atoms with Crippen LogP contribution < -0.4 is 10.3 Å². The van der Waals surface area contributed by atoms with Crippen LogP contribution in [0.5, 0.6) is 0 Å². The molecule has 2 aromatic heterocycles. The molecular weight excluding hydrogens is 470 g/mol. The first-order chi connectivity index (χ1) is 17.6. The maximum Gasteiger partial charge on any atom is 0.415 e. The Bertz CT molecular complexity index is 1510. The Hall–Kier alpha value is -3.94. The van der Waals surface area contributed by atoms with Crippen molar-refractivity contribution in [3.05, 3.63) is 63.6 Å². The monoisotopic (exact) mass is 501 g/mol. The number of hydrogen-bond donors (Lipinski definition) is 0. The highest BCUT2D eigenvalue weighted by Crippen LogP contribution is 2.41. The zero-order chi connectivity index (χ0) is 26.5. The first-order valence-corrected chi connectivity index (χ1v) is 12.6. The molecule has 1 amide bonds. The highest BCUT2D eigenvalue weighted by atomic mass is 16.6. The summed E-state index contributed by atoms with van der Waals surface area (Å²) in [6.07, 6.45) is 9.68. The molecule has 8 heteroatoms. The van der Waals surface area contributed by atoms with E-state index in [0.29, 0.717) is 17.6 Å². The lowest BCUT2D eigenvalue weighted by molar-refractivity contribution is 0.0522. The quantitative estimate of drug-likeness (QED) is 0.438. The summed E-state index contributed by atoms with van der Waals surface area (Å²) in [5, 5.41) is 0.499. The number of benzene rings is 1. The highest BCUT2D eigenvalue weighted by molar-refractivity contribution is 6.00. The Balaban J connectivity index is 1.63. The van der Waals surface area contributed by atoms with E-state index in [1.54, 1.807) is 32.4 Å². The van der Waals surface area contributed by atoms with Gasteiger partial charge in [-0.05, 0) is 70.2 Å². The van der Waals surface area contributed by atoms with E-state index in [1.165, 1.54) is 4.90 Å². The maximum atomic E-state index is 13.3. The molecular formula is C29H31N3O5. The van der Waals surface area contributed by atoms with Crippen LogP contribution >= 0.6 is 0 Å². The second-order valence-electron chi connectivity index (χ2n) is 10.5.